The number of benzene rings is 1. The molecule has 2 aliphatic rings. The molecule has 2 fully saturated rings. The fourth-order valence-corrected chi connectivity index (χ4v) is 3.84. The lowest BCUT2D eigenvalue weighted by molar-refractivity contribution is -0.118. The van der Waals surface area contributed by atoms with Crippen LogP contribution < -0.4 is 15.4 Å². The van der Waals surface area contributed by atoms with Crippen LogP contribution in [0.5, 0.6) is 11.6 Å². The minimum atomic E-state index is 0. The number of aromatic nitrogens is 1. The van der Waals surface area contributed by atoms with Crippen LogP contribution in [0.25, 0.3) is 0 Å². The number of piperidine rings is 1. The lowest BCUT2D eigenvalue weighted by atomic mass is 9.92. The lowest BCUT2D eigenvalue weighted by Gasteiger charge is -2.23. The molecule has 1 aliphatic heterocycles. The smallest absolute Gasteiger partial charge is 0.228 e. The van der Waals surface area contributed by atoms with Crippen molar-refractivity contribution in [2.24, 2.45) is 11.3 Å². The molecule has 1 saturated carbocycles. The largest absolute Gasteiger partial charge is 0.439 e. The average Bonchev–Trinajstić information content (AvgIpc) is 3.33. The van der Waals surface area contributed by atoms with Gasteiger partial charge in [0, 0.05) is 12.0 Å². The zero-order chi connectivity index (χ0) is 18.1. The van der Waals surface area contributed by atoms with Gasteiger partial charge in [-0.2, -0.15) is 0 Å². The molecule has 1 aromatic heterocycles. The molecule has 28 heavy (non-hydrogen) atoms. The van der Waals surface area contributed by atoms with Crippen molar-refractivity contribution < 1.29 is 9.53 Å². The van der Waals surface area contributed by atoms with Crippen LogP contribution in [0, 0.1) is 25.2 Å². The fraction of sp³-hybridized carbons (Fsp3) is 0.429. The van der Waals surface area contributed by atoms with Gasteiger partial charge in [-0.1, -0.05) is 6.07 Å². The minimum absolute atomic E-state index is 0. The van der Waals surface area contributed by atoms with E-state index in [9.17, 15) is 4.79 Å². The highest BCUT2D eigenvalue weighted by molar-refractivity contribution is 5.95. The molecule has 1 spiro atoms. The Labute approximate surface area is 178 Å². The van der Waals surface area contributed by atoms with E-state index in [1.165, 1.54) is 11.1 Å². The van der Waals surface area contributed by atoms with Gasteiger partial charge in [0.25, 0.3) is 0 Å². The predicted octanol–water partition coefficient (Wildman–Crippen LogP) is 4.66. The summed E-state index contributed by atoms with van der Waals surface area (Å²) < 4.78 is 5.79. The van der Waals surface area contributed by atoms with Crippen molar-refractivity contribution in [2.45, 2.75) is 33.1 Å². The molecule has 1 atom stereocenters. The molecular weight excluding hydrogens is 397 g/mol. The van der Waals surface area contributed by atoms with Crippen LogP contribution in [0.1, 0.15) is 30.4 Å². The summed E-state index contributed by atoms with van der Waals surface area (Å²) in [7, 11) is 0. The summed E-state index contributed by atoms with van der Waals surface area (Å²) in [5.74, 6) is 1.56. The van der Waals surface area contributed by atoms with E-state index in [1.54, 1.807) is 12.3 Å². The molecule has 2 heterocycles. The maximum atomic E-state index is 12.5. The van der Waals surface area contributed by atoms with E-state index in [1.807, 2.05) is 24.3 Å². The van der Waals surface area contributed by atoms with Crippen molar-refractivity contribution in [1.82, 2.24) is 10.3 Å². The van der Waals surface area contributed by atoms with Crippen LogP contribution >= 0.6 is 24.8 Å². The molecule has 2 aromatic rings. The molecule has 1 aliphatic carbocycles. The Hall–Kier alpha value is -1.82. The van der Waals surface area contributed by atoms with E-state index < -0.39 is 0 Å². The zero-order valence-electron chi connectivity index (χ0n) is 16.2. The van der Waals surface area contributed by atoms with Gasteiger partial charge in [-0.25, -0.2) is 4.98 Å². The predicted molar refractivity (Wildman–Crippen MR) is 116 cm³/mol. The van der Waals surface area contributed by atoms with Gasteiger partial charge in [0.15, 0.2) is 0 Å². The molecule has 5 nitrogen and oxygen atoms in total. The summed E-state index contributed by atoms with van der Waals surface area (Å²) in [5, 5.41) is 6.37. The van der Waals surface area contributed by atoms with Crippen LogP contribution in [-0.4, -0.2) is 24.0 Å². The number of halogens is 2. The fourth-order valence-electron chi connectivity index (χ4n) is 3.84. The van der Waals surface area contributed by atoms with Crippen molar-refractivity contribution in [1.29, 1.82) is 0 Å². The number of carbonyl (C=O) groups excluding carboxylic acids is 1. The first-order valence-electron chi connectivity index (χ1n) is 9.28. The van der Waals surface area contributed by atoms with Crippen LogP contribution in [0.2, 0.25) is 0 Å². The standard InChI is InChI=1S/C21H25N3O2.2ClH/c1-14-3-5-17(11-15(14)2)26-19-6-4-16(13-23-19)24-20(25)18-12-21(18)7-9-22-10-8-21;;/h3-6,11,13,18,22H,7-10,12H2,1-2H3,(H,24,25);2*1H. The number of pyridine rings is 1. The number of nitrogens with zero attached hydrogens (tertiary/aromatic N) is 1. The first kappa shape index (κ1) is 22.5. The number of rotatable bonds is 4. The second kappa shape index (κ2) is 9.12. The number of carbonyl (C=O) groups is 1. The van der Waals surface area contributed by atoms with Gasteiger partial charge in [-0.3, -0.25) is 4.79 Å². The number of amides is 1. The Morgan fingerprint density at radius 3 is 2.54 bits per heavy atom. The van der Waals surface area contributed by atoms with Gasteiger partial charge in [-0.15, -0.1) is 24.8 Å². The molecule has 2 N–H and O–H groups in total. The van der Waals surface area contributed by atoms with Gasteiger partial charge in [0.05, 0.1) is 11.9 Å². The van der Waals surface area contributed by atoms with E-state index in [4.69, 9.17) is 4.74 Å². The first-order chi connectivity index (χ1) is 12.6. The van der Waals surface area contributed by atoms with Crippen LogP contribution in [0.4, 0.5) is 5.69 Å². The van der Waals surface area contributed by atoms with E-state index in [0.29, 0.717) is 5.88 Å². The van der Waals surface area contributed by atoms with E-state index in [0.717, 1.165) is 43.8 Å². The monoisotopic (exact) mass is 423 g/mol. The third-order valence-electron chi connectivity index (χ3n) is 5.81. The van der Waals surface area contributed by atoms with Crippen molar-refractivity contribution in [3.05, 3.63) is 47.7 Å². The maximum absolute atomic E-state index is 12.5. The molecule has 152 valence electrons. The Bertz CT molecular complexity index is 821. The third-order valence-corrected chi connectivity index (χ3v) is 5.81. The molecular formula is C21H27Cl2N3O2. The average molecular weight is 424 g/mol. The second-order valence-corrected chi connectivity index (χ2v) is 7.59. The number of anilines is 1. The molecule has 1 unspecified atom stereocenters. The molecule has 0 radical (unpaired) electrons. The highest BCUT2D eigenvalue weighted by atomic mass is 35.5. The summed E-state index contributed by atoms with van der Waals surface area (Å²) >= 11 is 0. The molecule has 1 amide bonds. The van der Waals surface area contributed by atoms with Crippen LogP contribution in [0.15, 0.2) is 36.5 Å². The maximum Gasteiger partial charge on any atom is 0.228 e. The van der Waals surface area contributed by atoms with Crippen molar-refractivity contribution in [2.75, 3.05) is 18.4 Å². The van der Waals surface area contributed by atoms with E-state index in [2.05, 4.69) is 29.5 Å². The summed E-state index contributed by atoms with van der Waals surface area (Å²) in [6, 6.07) is 9.60. The van der Waals surface area contributed by atoms with Gasteiger partial charge >= 0.3 is 0 Å². The van der Waals surface area contributed by atoms with Gasteiger partial charge in [0.1, 0.15) is 5.75 Å². The Morgan fingerprint density at radius 2 is 1.89 bits per heavy atom. The molecule has 4 rings (SSSR count). The van der Waals surface area contributed by atoms with Gasteiger partial charge in [0.2, 0.25) is 11.8 Å². The number of nitrogens with one attached hydrogen (secondary N) is 2. The number of hydrogen-bond donors (Lipinski definition) is 2. The summed E-state index contributed by atoms with van der Waals surface area (Å²) in [6.07, 6.45) is 4.88. The second-order valence-electron chi connectivity index (χ2n) is 7.59. The van der Waals surface area contributed by atoms with E-state index >= 15 is 0 Å². The summed E-state index contributed by atoms with van der Waals surface area (Å²) in [6.45, 7) is 6.18. The van der Waals surface area contributed by atoms with Gasteiger partial charge in [-0.05, 0) is 80.9 Å². The van der Waals surface area contributed by atoms with Crippen molar-refractivity contribution in [3.63, 3.8) is 0 Å². The first-order valence-corrected chi connectivity index (χ1v) is 9.28. The molecule has 7 heteroatoms. The van der Waals surface area contributed by atoms with E-state index in [-0.39, 0.29) is 42.1 Å². The molecule has 0 bridgehead atoms. The minimum Gasteiger partial charge on any atom is -0.439 e. The highest BCUT2D eigenvalue weighted by Gasteiger charge is 2.57. The van der Waals surface area contributed by atoms with Crippen LogP contribution in [-0.2, 0) is 4.79 Å². The Kier molecular flexibility index (Phi) is 7.32. The lowest BCUT2D eigenvalue weighted by Crippen LogP contribution is -2.31. The highest BCUT2D eigenvalue weighted by Crippen LogP contribution is 2.58. The van der Waals surface area contributed by atoms with Crippen LogP contribution in [0.3, 0.4) is 0 Å². The number of ether oxygens (including phenoxy) is 1. The summed E-state index contributed by atoms with van der Waals surface area (Å²) in [5.41, 5.74) is 3.38. The van der Waals surface area contributed by atoms with Gasteiger partial charge < -0.3 is 15.4 Å². The van der Waals surface area contributed by atoms with Crippen molar-refractivity contribution in [3.8, 4) is 11.6 Å². The number of hydrogen-bond acceptors (Lipinski definition) is 4. The SMILES string of the molecule is Cc1ccc(Oc2ccc(NC(=O)C3CC34CCNCC4)cn2)cc1C.Cl.Cl. The topological polar surface area (TPSA) is 63.2 Å². The third kappa shape index (κ3) is 4.77. The Balaban J connectivity index is 0.00000140. The van der Waals surface area contributed by atoms with Crippen molar-refractivity contribution >= 4 is 36.4 Å². The summed E-state index contributed by atoms with van der Waals surface area (Å²) in [4.78, 5) is 16.8. The Morgan fingerprint density at radius 1 is 1.14 bits per heavy atom. The molecule has 1 aromatic carbocycles. The normalized spacial score (nSPS) is 19.1. The molecule has 1 saturated heterocycles. The quantitative estimate of drug-likeness (QED) is 0.749. The zero-order valence-corrected chi connectivity index (χ0v) is 17.8. The number of aryl methyl sites for hydroxylation is 2.